The van der Waals surface area contributed by atoms with Crippen molar-refractivity contribution in [3.8, 4) is 0 Å². The molecule has 2 aliphatic rings. The van der Waals surface area contributed by atoms with Gasteiger partial charge in [0.05, 0.1) is 22.5 Å². The summed E-state index contributed by atoms with van der Waals surface area (Å²) in [6.45, 7) is 2.24. The number of halogens is 2. The summed E-state index contributed by atoms with van der Waals surface area (Å²) < 4.78 is 40.3. The second-order valence-electron chi connectivity index (χ2n) is 7.61. The van der Waals surface area contributed by atoms with Crippen molar-refractivity contribution in [3.05, 3.63) is 53.1 Å². The van der Waals surface area contributed by atoms with Crippen LogP contribution in [0.5, 0.6) is 0 Å². The highest BCUT2D eigenvalue weighted by Crippen LogP contribution is 2.30. The number of hydrogen-bond donors (Lipinski definition) is 1. The number of rotatable bonds is 5. The van der Waals surface area contributed by atoms with E-state index in [0.29, 0.717) is 19.6 Å². The molecule has 7 nitrogen and oxygen atoms in total. The summed E-state index contributed by atoms with van der Waals surface area (Å²) in [4.78, 5) is 19.9. The number of aromatic amines is 1. The number of sulfonamides is 1. The average Bonchev–Trinajstić information content (AvgIpc) is 3.41. The van der Waals surface area contributed by atoms with Crippen molar-refractivity contribution in [3.63, 3.8) is 0 Å². The Morgan fingerprint density at radius 1 is 1.17 bits per heavy atom. The van der Waals surface area contributed by atoms with E-state index < -0.39 is 15.8 Å². The third-order valence-electron chi connectivity index (χ3n) is 5.80. The molecule has 4 rings (SSSR count). The lowest BCUT2D eigenvalue weighted by molar-refractivity contribution is -0.133. The van der Waals surface area contributed by atoms with Crippen molar-refractivity contribution in [1.82, 2.24) is 19.1 Å². The van der Waals surface area contributed by atoms with Crippen LogP contribution in [0, 0.1) is 5.82 Å². The Bertz CT molecular complexity index is 1010. The van der Waals surface area contributed by atoms with E-state index in [1.165, 1.54) is 10.4 Å². The number of hydrogen-bond acceptors (Lipinski definition) is 4. The monoisotopic (exact) mass is 454 g/mol. The molecule has 3 heterocycles. The standard InChI is InChI=1S/C20H24ClFN4O3S/c21-16-13-15(5-6-17(16)22)30(28,29)26-11-9-24(10-12-26)20(27)14-25-8-2-4-19(25)18-3-1-7-23-18/h1,3,5-7,13,19,23H,2,4,8-12,14H2. The number of carbonyl (C=O) groups is 1. The van der Waals surface area contributed by atoms with Crippen LogP contribution in [0.4, 0.5) is 4.39 Å². The molecular formula is C20H24ClFN4O3S. The summed E-state index contributed by atoms with van der Waals surface area (Å²) in [7, 11) is -3.78. The van der Waals surface area contributed by atoms with E-state index in [0.717, 1.165) is 37.2 Å². The van der Waals surface area contributed by atoms with E-state index in [-0.39, 0.29) is 35.0 Å². The molecule has 0 spiro atoms. The minimum absolute atomic E-state index is 0.00957. The summed E-state index contributed by atoms with van der Waals surface area (Å²) in [6, 6.07) is 7.60. The number of amides is 1. The SMILES string of the molecule is O=C(CN1CCCC1c1ccc[nH]1)N1CCN(S(=O)(=O)c2ccc(F)c(Cl)c2)CC1. The second-order valence-corrected chi connectivity index (χ2v) is 9.96. The van der Waals surface area contributed by atoms with Crippen LogP contribution in [0.15, 0.2) is 41.4 Å². The number of carbonyl (C=O) groups excluding carboxylic acids is 1. The van der Waals surface area contributed by atoms with Crippen LogP contribution >= 0.6 is 11.6 Å². The lowest BCUT2D eigenvalue weighted by atomic mass is 10.1. The molecule has 162 valence electrons. The molecule has 2 aromatic rings. The van der Waals surface area contributed by atoms with E-state index in [4.69, 9.17) is 11.6 Å². The molecule has 2 fully saturated rings. The number of likely N-dealkylation sites (tertiary alicyclic amines) is 1. The van der Waals surface area contributed by atoms with Crippen molar-refractivity contribution in [2.24, 2.45) is 0 Å². The van der Waals surface area contributed by atoms with Gasteiger partial charge < -0.3 is 9.88 Å². The highest BCUT2D eigenvalue weighted by atomic mass is 35.5. The summed E-state index contributed by atoms with van der Waals surface area (Å²) in [5, 5.41) is -0.230. The molecule has 0 saturated carbocycles. The fraction of sp³-hybridized carbons (Fsp3) is 0.450. The van der Waals surface area contributed by atoms with Crippen molar-refractivity contribution >= 4 is 27.5 Å². The lowest BCUT2D eigenvalue weighted by Gasteiger charge is -2.35. The maximum absolute atomic E-state index is 13.4. The van der Waals surface area contributed by atoms with Gasteiger partial charge in [0.1, 0.15) is 5.82 Å². The normalized spacial score (nSPS) is 21.3. The average molecular weight is 455 g/mol. The van der Waals surface area contributed by atoms with Gasteiger partial charge in [-0.15, -0.1) is 0 Å². The van der Waals surface area contributed by atoms with Crippen molar-refractivity contribution < 1.29 is 17.6 Å². The molecule has 1 unspecified atom stereocenters. The van der Waals surface area contributed by atoms with Crippen molar-refractivity contribution in [2.45, 2.75) is 23.8 Å². The molecule has 0 radical (unpaired) electrons. The van der Waals surface area contributed by atoms with E-state index in [2.05, 4.69) is 9.88 Å². The third kappa shape index (κ3) is 4.25. The highest BCUT2D eigenvalue weighted by Gasteiger charge is 2.33. The first-order chi connectivity index (χ1) is 14.4. The van der Waals surface area contributed by atoms with Crippen LogP contribution in [-0.2, 0) is 14.8 Å². The molecule has 1 amide bonds. The fourth-order valence-corrected chi connectivity index (χ4v) is 5.85. The van der Waals surface area contributed by atoms with Crippen LogP contribution in [0.25, 0.3) is 0 Å². The number of benzene rings is 1. The Morgan fingerprint density at radius 3 is 2.60 bits per heavy atom. The van der Waals surface area contributed by atoms with Crippen LogP contribution in [-0.4, -0.2) is 72.7 Å². The molecule has 10 heteroatoms. The number of nitrogens with zero attached hydrogens (tertiary/aromatic N) is 3. The van der Waals surface area contributed by atoms with Gasteiger partial charge in [-0.2, -0.15) is 4.31 Å². The van der Waals surface area contributed by atoms with E-state index in [1.54, 1.807) is 4.90 Å². The van der Waals surface area contributed by atoms with Gasteiger partial charge in [0.25, 0.3) is 0 Å². The first-order valence-corrected chi connectivity index (χ1v) is 11.8. The number of H-pyrrole nitrogens is 1. The van der Waals surface area contributed by atoms with Crippen molar-refractivity contribution in [1.29, 1.82) is 0 Å². The Morgan fingerprint density at radius 2 is 1.93 bits per heavy atom. The quantitative estimate of drug-likeness (QED) is 0.753. The van der Waals surface area contributed by atoms with Crippen LogP contribution in [0.2, 0.25) is 5.02 Å². The molecule has 0 aliphatic carbocycles. The van der Waals surface area contributed by atoms with Gasteiger partial charge in [-0.25, -0.2) is 12.8 Å². The van der Waals surface area contributed by atoms with Gasteiger partial charge in [0.15, 0.2) is 0 Å². The zero-order valence-corrected chi connectivity index (χ0v) is 18.0. The summed E-state index contributed by atoms with van der Waals surface area (Å²) in [5.74, 6) is -0.652. The number of piperazine rings is 1. The fourth-order valence-electron chi connectivity index (χ4n) is 4.16. The first-order valence-electron chi connectivity index (χ1n) is 9.96. The third-order valence-corrected chi connectivity index (χ3v) is 7.99. The lowest BCUT2D eigenvalue weighted by Crippen LogP contribution is -2.52. The smallest absolute Gasteiger partial charge is 0.243 e. The second kappa shape index (κ2) is 8.66. The van der Waals surface area contributed by atoms with E-state index >= 15 is 0 Å². The topological polar surface area (TPSA) is 76.7 Å². The minimum Gasteiger partial charge on any atom is -0.364 e. The van der Waals surface area contributed by atoms with Crippen LogP contribution < -0.4 is 0 Å². The molecule has 0 bridgehead atoms. The minimum atomic E-state index is -3.78. The van der Waals surface area contributed by atoms with Crippen LogP contribution in [0.3, 0.4) is 0 Å². The van der Waals surface area contributed by atoms with Crippen molar-refractivity contribution in [2.75, 3.05) is 39.3 Å². The van der Waals surface area contributed by atoms with Gasteiger partial charge >= 0.3 is 0 Å². The molecule has 2 saturated heterocycles. The number of aromatic nitrogens is 1. The number of nitrogens with one attached hydrogen (secondary N) is 1. The molecule has 2 aliphatic heterocycles. The maximum atomic E-state index is 13.4. The zero-order chi connectivity index (χ0) is 21.3. The predicted octanol–water partition coefficient (Wildman–Crippen LogP) is 2.48. The molecule has 30 heavy (non-hydrogen) atoms. The Labute approximate surface area is 180 Å². The Balaban J connectivity index is 1.36. The van der Waals surface area contributed by atoms with E-state index in [9.17, 15) is 17.6 Å². The maximum Gasteiger partial charge on any atom is 0.243 e. The first kappa shape index (κ1) is 21.3. The Hall–Kier alpha value is -1.94. The largest absolute Gasteiger partial charge is 0.364 e. The van der Waals surface area contributed by atoms with Gasteiger partial charge in [-0.05, 0) is 49.7 Å². The van der Waals surface area contributed by atoms with Gasteiger partial charge in [-0.3, -0.25) is 9.69 Å². The molecule has 1 N–H and O–H groups in total. The van der Waals surface area contributed by atoms with E-state index in [1.807, 2.05) is 18.3 Å². The predicted molar refractivity (Wildman–Crippen MR) is 111 cm³/mol. The summed E-state index contributed by atoms with van der Waals surface area (Å²) >= 11 is 5.74. The Kier molecular flexibility index (Phi) is 6.15. The molecule has 1 aromatic carbocycles. The summed E-state index contributed by atoms with van der Waals surface area (Å²) in [5.41, 5.74) is 1.12. The highest BCUT2D eigenvalue weighted by molar-refractivity contribution is 7.89. The van der Waals surface area contributed by atoms with Crippen LogP contribution in [0.1, 0.15) is 24.6 Å². The van der Waals surface area contributed by atoms with Gasteiger partial charge in [0, 0.05) is 38.1 Å². The molecule has 1 aromatic heterocycles. The van der Waals surface area contributed by atoms with Gasteiger partial charge in [0.2, 0.25) is 15.9 Å². The summed E-state index contributed by atoms with van der Waals surface area (Å²) in [6.07, 6.45) is 3.95. The zero-order valence-electron chi connectivity index (χ0n) is 16.4. The van der Waals surface area contributed by atoms with Gasteiger partial charge in [-0.1, -0.05) is 11.6 Å². The molecule has 1 atom stereocenters. The molecular weight excluding hydrogens is 431 g/mol.